The van der Waals surface area contributed by atoms with Gasteiger partial charge in [0.05, 0.1) is 24.7 Å². The molecule has 0 fully saturated rings. The number of rotatable bonds is 6. The number of nitrogens with zero attached hydrogens (tertiary/aromatic N) is 2. The van der Waals surface area contributed by atoms with Crippen molar-refractivity contribution >= 4 is 17.0 Å². The lowest BCUT2D eigenvalue weighted by Gasteiger charge is -2.31. The molecule has 25 heavy (non-hydrogen) atoms. The topological polar surface area (TPSA) is 56.2 Å². The second-order valence-electron chi connectivity index (χ2n) is 6.05. The highest BCUT2D eigenvalue weighted by molar-refractivity contribution is 5.82. The molecule has 3 rings (SSSR count). The van der Waals surface area contributed by atoms with Gasteiger partial charge in [0.15, 0.2) is 0 Å². The quantitative estimate of drug-likeness (QED) is 0.702. The molecule has 5 nitrogen and oxygen atoms in total. The molecule has 1 N–H and O–H groups in total. The van der Waals surface area contributed by atoms with Crippen molar-refractivity contribution < 1.29 is 9.53 Å². The van der Waals surface area contributed by atoms with Crippen molar-refractivity contribution in [3.63, 3.8) is 0 Å². The molecule has 0 radical (unpaired) electrons. The smallest absolute Gasteiger partial charge is 0.330 e. The molecule has 0 saturated heterocycles. The first kappa shape index (κ1) is 17.2. The van der Waals surface area contributed by atoms with Gasteiger partial charge in [-0.2, -0.15) is 0 Å². The third-order valence-electron chi connectivity index (χ3n) is 4.76. The average molecular weight is 337 g/mol. The van der Waals surface area contributed by atoms with Crippen molar-refractivity contribution in [2.24, 2.45) is 7.05 Å². The van der Waals surface area contributed by atoms with Crippen LogP contribution in [0, 0.1) is 0 Å². The number of hydrogen-bond donors (Lipinski definition) is 1. The van der Waals surface area contributed by atoms with E-state index in [-0.39, 0.29) is 5.97 Å². The second-order valence-corrected chi connectivity index (χ2v) is 6.05. The predicted molar refractivity (Wildman–Crippen MR) is 98.0 cm³/mol. The lowest BCUT2D eigenvalue weighted by molar-refractivity contribution is -0.149. The average Bonchev–Trinajstić information content (AvgIpc) is 2.99. The molecule has 1 atom stereocenters. The van der Waals surface area contributed by atoms with E-state index in [1.54, 1.807) is 0 Å². The van der Waals surface area contributed by atoms with Gasteiger partial charge in [-0.1, -0.05) is 49.4 Å². The zero-order chi connectivity index (χ0) is 17.9. The molecule has 1 heterocycles. The minimum Gasteiger partial charge on any atom is -0.467 e. The Bertz CT molecular complexity index is 873. The number of benzene rings is 2. The molecule has 0 saturated carbocycles. The van der Waals surface area contributed by atoms with E-state index in [9.17, 15) is 4.79 Å². The van der Waals surface area contributed by atoms with E-state index in [1.165, 1.54) is 7.11 Å². The SMILES string of the molecule is CCC(NCc1nc2ccccc2n1C)(C(=O)OC)c1ccccc1. The first-order chi connectivity index (χ1) is 12.1. The fraction of sp³-hybridized carbons (Fsp3) is 0.300. The van der Waals surface area contributed by atoms with Gasteiger partial charge in [-0.3, -0.25) is 5.32 Å². The van der Waals surface area contributed by atoms with Crippen LogP contribution in [-0.2, 0) is 28.7 Å². The molecule has 0 aliphatic rings. The molecule has 1 unspecified atom stereocenters. The van der Waals surface area contributed by atoms with Gasteiger partial charge in [-0.15, -0.1) is 0 Å². The number of carbonyl (C=O) groups is 1. The zero-order valence-electron chi connectivity index (χ0n) is 14.8. The highest BCUT2D eigenvalue weighted by atomic mass is 16.5. The normalized spacial score (nSPS) is 13.6. The van der Waals surface area contributed by atoms with Crippen LogP contribution >= 0.6 is 0 Å². The summed E-state index contributed by atoms with van der Waals surface area (Å²) in [4.78, 5) is 17.3. The molecule has 0 amide bonds. The van der Waals surface area contributed by atoms with Crippen LogP contribution in [-0.4, -0.2) is 22.6 Å². The van der Waals surface area contributed by atoms with Gasteiger partial charge in [0.2, 0.25) is 0 Å². The van der Waals surface area contributed by atoms with Crippen LogP contribution < -0.4 is 5.32 Å². The van der Waals surface area contributed by atoms with Gasteiger partial charge in [0.1, 0.15) is 11.4 Å². The Balaban J connectivity index is 1.95. The Morgan fingerprint density at radius 1 is 1.16 bits per heavy atom. The van der Waals surface area contributed by atoms with Crippen LogP contribution in [0.15, 0.2) is 54.6 Å². The van der Waals surface area contributed by atoms with E-state index in [0.29, 0.717) is 13.0 Å². The molecule has 3 aromatic rings. The van der Waals surface area contributed by atoms with E-state index < -0.39 is 5.54 Å². The van der Waals surface area contributed by atoms with Crippen molar-refractivity contribution in [3.8, 4) is 0 Å². The number of para-hydroxylation sites is 2. The summed E-state index contributed by atoms with van der Waals surface area (Å²) in [6.07, 6.45) is 0.577. The lowest BCUT2D eigenvalue weighted by atomic mass is 9.87. The van der Waals surface area contributed by atoms with Gasteiger partial charge < -0.3 is 9.30 Å². The summed E-state index contributed by atoms with van der Waals surface area (Å²) in [5.41, 5.74) is 2.01. The summed E-state index contributed by atoms with van der Waals surface area (Å²) in [5, 5.41) is 3.41. The molecule has 0 aliphatic heterocycles. The number of methoxy groups -OCH3 is 1. The Morgan fingerprint density at radius 2 is 1.84 bits per heavy atom. The number of hydrogen-bond acceptors (Lipinski definition) is 4. The summed E-state index contributed by atoms with van der Waals surface area (Å²) in [5.74, 6) is 0.582. The van der Waals surface area contributed by atoms with Gasteiger partial charge in [-0.05, 0) is 24.1 Å². The van der Waals surface area contributed by atoms with Crippen LogP contribution in [0.5, 0.6) is 0 Å². The number of esters is 1. The fourth-order valence-corrected chi connectivity index (χ4v) is 3.25. The van der Waals surface area contributed by atoms with Crippen LogP contribution in [0.4, 0.5) is 0 Å². The first-order valence-electron chi connectivity index (χ1n) is 8.41. The molecular weight excluding hydrogens is 314 g/mol. The summed E-state index contributed by atoms with van der Waals surface area (Å²) >= 11 is 0. The maximum atomic E-state index is 12.6. The van der Waals surface area contributed by atoms with Crippen LogP contribution in [0.3, 0.4) is 0 Å². The number of fused-ring (bicyclic) bond motifs is 1. The number of ether oxygens (including phenoxy) is 1. The second kappa shape index (κ2) is 7.07. The third-order valence-corrected chi connectivity index (χ3v) is 4.76. The number of carbonyl (C=O) groups excluding carboxylic acids is 1. The molecule has 2 aromatic carbocycles. The molecule has 5 heteroatoms. The summed E-state index contributed by atoms with van der Waals surface area (Å²) in [7, 11) is 3.41. The van der Waals surface area contributed by atoms with E-state index in [1.807, 2.05) is 73.1 Å². The zero-order valence-corrected chi connectivity index (χ0v) is 14.8. The molecule has 0 spiro atoms. The van der Waals surface area contributed by atoms with Gasteiger partial charge in [0.25, 0.3) is 0 Å². The number of imidazole rings is 1. The minimum atomic E-state index is -0.895. The van der Waals surface area contributed by atoms with Gasteiger partial charge in [-0.25, -0.2) is 9.78 Å². The van der Waals surface area contributed by atoms with Gasteiger partial charge >= 0.3 is 5.97 Å². The maximum absolute atomic E-state index is 12.6. The number of aryl methyl sites for hydroxylation is 1. The first-order valence-corrected chi connectivity index (χ1v) is 8.41. The Labute approximate surface area is 147 Å². The fourth-order valence-electron chi connectivity index (χ4n) is 3.25. The van der Waals surface area contributed by atoms with Crippen LogP contribution in [0.1, 0.15) is 24.7 Å². The molecule has 0 aliphatic carbocycles. The van der Waals surface area contributed by atoms with E-state index >= 15 is 0 Å². The van der Waals surface area contributed by atoms with E-state index in [0.717, 1.165) is 22.4 Å². The highest BCUT2D eigenvalue weighted by Crippen LogP contribution is 2.27. The largest absolute Gasteiger partial charge is 0.467 e. The summed E-state index contributed by atoms with van der Waals surface area (Å²) in [6.45, 7) is 2.44. The minimum absolute atomic E-state index is 0.292. The van der Waals surface area contributed by atoms with E-state index in [4.69, 9.17) is 4.74 Å². The van der Waals surface area contributed by atoms with E-state index in [2.05, 4.69) is 10.3 Å². The molecule has 1 aromatic heterocycles. The third kappa shape index (κ3) is 3.03. The standard InChI is InChI=1S/C20H23N3O2/c1-4-20(19(24)25-3,15-10-6-5-7-11-15)21-14-18-22-16-12-8-9-13-17(16)23(18)2/h5-13,21H,4,14H2,1-3H3. The monoisotopic (exact) mass is 337 g/mol. The predicted octanol–water partition coefficient (Wildman–Crippen LogP) is 3.14. The highest BCUT2D eigenvalue weighted by Gasteiger charge is 2.39. The maximum Gasteiger partial charge on any atom is 0.330 e. The van der Waals surface area contributed by atoms with Crippen molar-refractivity contribution in [3.05, 3.63) is 66.0 Å². The summed E-state index contributed by atoms with van der Waals surface area (Å²) in [6, 6.07) is 17.7. The lowest BCUT2D eigenvalue weighted by Crippen LogP contribution is -2.49. The molecule has 0 bridgehead atoms. The van der Waals surface area contributed by atoms with Crippen molar-refractivity contribution in [2.75, 3.05) is 7.11 Å². The molecule has 130 valence electrons. The van der Waals surface area contributed by atoms with Crippen LogP contribution in [0.25, 0.3) is 11.0 Å². The van der Waals surface area contributed by atoms with Crippen LogP contribution in [0.2, 0.25) is 0 Å². The molecular formula is C20H23N3O2. The Morgan fingerprint density at radius 3 is 2.48 bits per heavy atom. The Hall–Kier alpha value is -2.66. The van der Waals surface area contributed by atoms with Crippen molar-refractivity contribution in [2.45, 2.75) is 25.4 Å². The Kier molecular flexibility index (Phi) is 4.86. The van der Waals surface area contributed by atoms with Crippen molar-refractivity contribution in [1.82, 2.24) is 14.9 Å². The van der Waals surface area contributed by atoms with Gasteiger partial charge in [0, 0.05) is 7.05 Å². The summed E-state index contributed by atoms with van der Waals surface area (Å²) < 4.78 is 7.16. The number of nitrogens with one attached hydrogen (secondary N) is 1. The number of aromatic nitrogens is 2. The van der Waals surface area contributed by atoms with Crippen molar-refractivity contribution in [1.29, 1.82) is 0 Å².